The van der Waals surface area contributed by atoms with E-state index in [2.05, 4.69) is 10.0 Å². The lowest BCUT2D eigenvalue weighted by atomic mass is 10.2. The molecule has 0 atom stereocenters. The second kappa shape index (κ2) is 9.49. The van der Waals surface area contributed by atoms with E-state index in [-0.39, 0.29) is 39.6 Å². The number of hydrogen-bond donors (Lipinski definition) is 2. The minimum atomic E-state index is -4.08. The van der Waals surface area contributed by atoms with Gasteiger partial charge in [0.15, 0.2) is 0 Å². The second-order valence-electron chi connectivity index (χ2n) is 6.52. The number of ether oxygens (including phenoxy) is 3. The Hall–Kier alpha value is -3.27. The van der Waals surface area contributed by atoms with Crippen LogP contribution in [0.15, 0.2) is 41.3 Å². The van der Waals surface area contributed by atoms with Gasteiger partial charge in [-0.2, -0.15) is 0 Å². The van der Waals surface area contributed by atoms with E-state index in [0.29, 0.717) is 5.75 Å². The molecule has 0 aliphatic carbocycles. The van der Waals surface area contributed by atoms with Gasteiger partial charge in [-0.05, 0) is 50.2 Å². The average molecular weight is 436 g/mol. The molecule has 0 radical (unpaired) electrons. The van der Waals surface area contributed by atoms with E-state index in [1.165, 1.54) is 57.5 Å². The number of carbonyl (C=O) groups excluding carboxylic acids is 2. The minimum Gasteiger partial charge on any atom is -0.495 e. The molecule has 162 valence electrons. The number of benzene rings is 2. The molecule has 1 amide bonds. The molecular weight excluding hydrogens is 412 g/mol. The number of carbonyl (C=O) groups is 2. The number of methoxy groups -OCH3 is 2. The largest absolute Gasteiger partial charge is 0.495 e. The van der Waals surface area contributed by atoms with Gasteiger partial charge in [-0.15, -0.1) is 0 Å². The van der Waals surface area contributed by atoms with Gasteiger partial charge in [0.2, 0.25) is 5.91 Å². The Morgan fingerprint density at radius 3 is 2.10 bits per heavy atom. The highest BCUT2D eigenvalue weighted by Crippen LogP contribution is 2.31. The van der Waals surface area contributed by atoms with E-state index in [9.17, 15) is 18.0 Å². The van der Waals surface area contributed by atoms with E-state index in [1.54, 1.807) is 13.8 Å². The fraction of sp³-hybridized carbons (Fsp3) is 0.300. The second-order valence-corrected chi connectivity index (χ2v) is 8.20. The standard InChI is InChI=1S/C20H24N2O7S/c1-12(2)29-20(24)14-6-8-19(28-5)17(10-14)22-30(25,26)15-7-9-18(27-4)16(11-15)21-13(3)23/h6-12,22H,1-5H3,(H,21,23). The van der Waals surface area contributed by atoms with Crippen molar-refractivity contribution in [2.24, 2.45) is 0 Å². The number of nitrogens with one attached hydrogen (secondary N) is 2. The molecule has 2 aromatic rings. The number of rotatable bonds is 8. The lowest BCUT2D eigenvalue weighted by molar-refractivity contribution is -0.114. The molecular formula is C20H24N2O7S. The zero-order valence-electron chi connectivity index (χ0n) is 17.3. The molecule has 0 aromatic heterocycles. The molecule has 0 saturated carbocycles. The topological polar surface area (TPSA) is 120 Å². The third-order valence-electron chi connectivity index (χ3n) is 3.81. The van der Waals surface area contributed by atoms with Crippen LogP contribution in [0.2, 0.25) is 0 Å². The molecule has 9 nitrogen and oxygen atoms in total. The van der Waals surface area contributed by atoms with E-state index in [1.807, 2.05) is 0 Å². The Morgan fingerprint density at radius 2 is 1.53 bits per heavy atom. The quantitative estimate of drug-likeness (QED) is 0.610. The van der Waals surface area contributed by atoms with Crippen molar-refractivity contribution in [1.29, 1.82) is 0 Å². The SMILES string of the molecule is COc1ccc(S(=O)(=O)Nc2cc(C(=O)OC(C)C)ccc2OC)cc1NC(C)=O. The maximum atomic E-state index is 12.9. The van der Waals surface area contributed by atoms with Gasteiger partial charge in [-0.3, -0.25) is 9.52 Å². The fourth-order valence-electron chi connectivity index (χ4n) is 2.54. The van der Waals surface area contributed by atoms with Gasteiger partial charge in [0.1, 0.15) is 11.5 Å². The molecule has 0 bridgehead atoms. The lowest BCUT2D eigenvalue weighted by Gasteiger charge is -2.15. The normalized spacial score (nSPS) is 11.0. The summed E-state index contributed by atoms with van der Waals surface area (Å²) in [5, 5.41) is 2.52. The van der Waals surface area contributed by atoms with Gasteiger partial charge in [-0.1, -0.05) is 0 Å². The van der Waals surface area contributed by atoms with Crippen LogP contribution in [0.5, 0.6) is 11.5 Å². The molecule has 2 N–H and O–H groups in total. The molecule has 2 rings (SSSR count). The minimum absolute atomic E-state index is 0.0626. The summed E-state index contributed by atoms with van der Waals surface area (Å²) >= 11 is 0. The van der Waals surface area contributed by atoms with Crippen LogP contribution < -0.4 is 19.5 Å². The zero-order valence-corrected chi connectivity index (χ0v) is 18.1. The Morgan fingerprint density at radius 1 is 0.933 bits per heavy atom. The lowest BCUT2D eigenvalue weighted by Crippen LogP contribution is -2.16. The van der Waals surface area contributed by atoms with Crippen molar-refractivity contribution in [2.45, 2.75) is 31.8 Å². The van der Waals surface area contributed by atoms with E-state index in [4.69, 9.17) is 14.2 Å². The summed E-state index contributed by atoms with van der Waals surface area (Å²) in [5.41, 5.74) is 0.428. The van der Waals surface area contributed by atoms with Crippen molar-refractivity contribution >= 4 is 33.3 Å². The van der Waals surface area contributed by atoms with Gasteiger partial charge in [0.05, 0.1) is 42.2 Å². The van der Waals surface area contributed by atoms with Crippen LogP contribution in [0.3, 0.4) is 0 Å². The molecule has 0 spiro atoms. The summed E-state index contributed by atoms with van der Waals surface area (Å²) in [6, 6.07) is 8.30. The van der Waals surface area contributed by atoms with Crippen LogP contribution in [0.25, 0.3) is 0 Å². The molecule has 2 aromatic carbocycles. The van der Waals surface area contributed by atoms with Crippen molar-refractivity contribution in [3.05, 3.63) is 42.0 Å². The van der Waals surface area contributed by atoms with Crippen molar-refractivity contribution in [2.75, 3.05) is 24.3 Å². The molecule has 0 heterocycles. The highest BCUT2D eigenvalue weighted by Gasteiger charge is 2.21. The van der Waals surface area contributed by atoms with E-state index >= 15 is 0 Å². The van der Waals surface area contributed by atoms with Crippen molar-refractivity contribution < 1.29 is 32.2 Å². The first-order chi connectivity index (χ1) is 14.1. The van der Waals surface area contributed by atoms with Crippen LogP contribution >= 0.6 is 0 Å². The third kappa shape index (κ3) is 5.63. The van der Waals surface area contributed by atoms with Crippen LogP contribution in [0, 0.1) is 0 Å². The summed E-state index contributed by atoms with van der Waals surface area (Å²) < 4.78 is 43.8. The molecule has 0 aliphatic heterocycles. The smallest absolute Gasteiger partial charge is 0.338 e. The summed E-state index contributed by atoms with van der Waals surface area (Å²) in [7, 11) is -1.30. The monoisotopic (exact) mass is 436 g/mol. The van der Waals surface area contributed by atoms with Crippen LogP contribution in [-0.2, 0) is 19.6 Å². The molecule has 0 aliphatic rings. The maximum Gasteiger partial charge on any atom is 0.338 e. The molecule has 10 heteroatoms. The summed E-state index contributed by atoms with van der Waals surface area (Å²) in [6.45, 7) is 4.72. The Kier molecular flexibility index (Phi) is 7.28. The molecule has 30 heavy (non-hydrogen) atoms. The zero-order chi connectivity index (χ0) is 22.5. The first-order valence-corrected chi connectivity index (χ1v) is 10.4. The van der Waals surface area contributed by atoms with Crippen LogP contribution in [-0.4, -0.2) is 40.6 Å². The molecule has 0 fully saturated rings. The van der Waals surface area contributed by atoms with Crippen LogP contribution in [0.1, 0.15) is 31.1 Å². The number of sulfonamides is 1. The Labute approximate surface area is 175 Å². The summed E-state index contributed by atoms with van der Waals surface area (Å²) in [6.07, 6.45) is -0.328. The maximum absolute atomic E-state index is 12.9. The van der Waals surface area contributed by atoms with Gasteiger partial charge in [0.25, 0.3) is 10.0 Å². The van der Waals surface area contributed by atoms with Gasteiger partial charge >= 0.3 is 5.97 Å². The van der Waals surface area contributed by atoms with Crippen molar-refractivity contribution in [3.8, 4) is 11.5 Å². The number of esters is 1. The first-order valence-electron chi connectivity index (χ1n) is 8.95. The first kappa shape index (κ1) is 23.0. The Balaban J connectivity index is 2.43. The van der Waals surface area contributed by atoms with E-state index < -0.39 is 16.0 Å². The highest BCUT2D eigenvalue weighted by molar-refractivity contribution is 7.92. The molecule has 0 saturated heterocycles. The number of amides is 1. The third-order valence-corrected chi connectivity index (χ3v) is 5.18. The van der Waals surface area contributed by atoms with Gasteiger partial charge in [-0.25, -0.2) is 13.2 Å². The predicted octanol–water partition coefficient (Wildman–Crippen LogP) is 3.03. The number of anilines is 2. The van der Waals surface area contributed by atoms with Gasteiger partial charge < -0.3 is 19.5 Å². The fourth-order valence-corrected chi connectivity index (χ4v) is 3.63. The van der Waals surface area contributed by atoms with E-state index in [0.717, 1.165) is 0 Å². The Bertz CT molecular complexity index is 1050. The summed E-state index contributed by atoms with van der Waals surface area (Å²) in [5.74, 6) is -0.449. The predicted molar refractivity (Wildman–Crippen MR) is 112 cm³/mol. The highest BCUT2D eigenvalue weighted by atomic mass is 32.2. The van der Waals surface area contributed by atoms with Crippen molar-refractivity contribution in [1.82, 2.24) is 0 Å². The number of hydrogen-bond acceptors (Lipinski definition) is 7. The van der Waals surface area contributed by atoms with Crippen molar-refractivity contribution in [3.63, 3.8) is 0 Å². The average Bonchev–Trinajstić information content (AvgIpc) is 2.66. The summed E-state index contributed by atoms with van der Waals surface area (Å²) in [4.78, 5) is 23.4. The van der Waals surface area contributed by atoms with Gasteiger partial charge in [0, 0.05) is 6.92 Å². The van der Waals surface area contributed by atoms with Crippen LogP contribution in [0.4, 0.5) is 11.4 Å². The molecule has 0 unspecified atom stereocenters.